The van der Waals surface area contributed by atoms with Crippen LogP contribution < -0.4 is 11.0 Å². The Kier molecular flexibility index (Phi) is 11.8. The van der Waals surface area contributed by atoms with Crippen LogP contribution in [0.2, 0.25) is 0 Å². The Hall–Kier alpha value is -4.54. The van der Waals surface area contributed by atoms with Gasteiger partial charge in [-0.2, -0.15) is 0 Å². The van der Waals surface area contributed by atoms with Crippen molar-refractivity contribution in [1.82, 2.24) is 11.0 Å². The third kappa shape index (κ3) is 11.6. The quantitative estimate of drug-likeness (QED) is 0.220. The average Bonchev–Trinajstić information content (AvgIpc) is 2.96. The number of hydroxylamine groups is 2. The molecule has 2 amide bonds. The highest BCUT2D eigenvalue weighted by Gasteiger charge is 2.29. The molecule has 0 aliphatic heterocycles. The van der Waals surface area contributed by atoms with Crippen LogP contribution in [-0.2, 0) is 41.6 Å². The molecule has 0 saturated heterocycles. The van der Waals surface area contributed by atoms with Crippen molar-refractivity contribution in [2.24, 2.45) is 0 Å². The van der Waals surface area contributed by atoms with Crippen molar-refractivity contribution in [3.8, 4) is 0 Å². The second kappa shape index (κ2) is 15.3. The molecule has 0 saturated carbocycles. The van der Waals surface area contributed by atoms with Gasteiger partial charge in [0.25, 0.3) is 11.8 Å². The first-order valence-corrected chi connectivity index (χ1v) is 14.3. The molecule has 3 rings (SSSR count). The molecule has 0 radical (unpaired) electrons. The summed E-state index contributed by atoms with van der Waals surface area (Å²) in [6.07, 6.45) is -1.90. The van der Waals surface area contributed by atoms with Crippen molar-refractivity contribution in [2.75, 3.05) is 0 Å². The minimum Gasteiger partial charge on any atom is -0.458 e. The van der Waals surface area contributed by atoms with Crippen molar-refractivity contribution < 1.29 is 38.3 Å². The van der Waals surface area contributed by atoms with Gasteiger partial charge >= 0.3 is 11.9 Å². The Labute approximate surface area is 257 Å². The van der Waals surface area contributed by atoms with Crippen LogP contribution in [0.25, 0.3) is 0 Å². The topological polar surface area (TPSA) is 129 Å². The molecular formula is C34H40N2O8. The molecular weight excluding hydrogens is 564 g/mol. The maximum absolute atomic E-state index is 13.0. The van der Waals surface area contributed by atoms with Crippen LogP contribution in [0, 0.1) is 0 Å². The van der Waals surface area contributed by atoms with Gasteiger partial charge in [-0.1, -0.05) is 66.7 Å². The Balaban J connectivity index is 1.67. The van der Waals surface area contributed by atoms with E-state index in [2.05, 4.69) is 11.0 Å². The highest BCUT2D eigenvalue weighted by atomic mass is 16.7. The summed E-state index contributed by atoms with van der Waals surface area (Å²) in [6, 6.07) is 24.2. The zero-order chi connectivity index (χ0) is 32.3. The number of hydrogen-bond acceptors (Lipinski definition) is 8. The average molecular weight is 605 g/mol. The van der Waals surface area contributed by atoms with E-state index in [0.717, 1.165) is 11.1 Å². The van der Waals surface area contributed by atoms with E-state index in [4.69, 9.17) is 19.1 Å². The monoisotopic (exact) mass is 604 g/mol. The fraction of sp³-hybridized carbons (Fsp3) is 0.353. The number of carbonyl (C=O) groups excluding carboxylic acids is 4. The van der Waals surface area contributed by atoms with E-state index in [1.54, 1.807) is 41.5 Å². The van der Waals surface area contributed by atoms with Crippen molar-refractivity contribution in [2.45, 2.75) is 77.8 Å². The SMILES string of the molecule is CC(C)(C)OC(=O)[C@@H](Cc1ccccc1)ONC(=O)c1cccc(C(=O)NO[C@H](Cc2ccccc2)C(=O)OC(C)(C)C)c1. The molecule has 3 aromatic rings. The van der Waals surface area contributed by atoms with Gasteiger partial charge in [0, 0.05) is 24.0 Å². The van der Waals surface area contributed by atoms with Crippen molar-refractivity contribution >= 4 is 23.8 Å². The zero-order valence-electron chi connectivity index (χ0n) is 25.9. The third-order valence-electron chi connectivity index (χ3n) is 5.84. The lowest BCUT2D eigenvalue weighted by Crippen LogP contribution is -2.40. The first-order valence-electron chi connectivity index (χ1n) is 14.3. The Bertz CT molecular complexity index is 1310. The second-order valence-corrected chi connectivity index (χ2v) is 12.1. The number of ether oxygens (including phenoxy) is 2. The molecule has 0 aliphatic carbocycles. The summed E-state index contributed by atoms with van der Waals surface area (Å²) < 4.78 is 10.9. The molecule has 0 fully saturated rings. The molecule has 10 nitrogen and oxygen atoms in total. The smallest absolute Gasteiger partial charge is 0.338 e. The Morgan fingerprint density at radius 2 is 0.932 bits per heavy atom. The van der Waals surface area contributed by atoms with E-state index in [-0.39, 0.29) is 24.0 Å². The van der Waals surface area contributed by atoms with E-state index in [9.17, 15) is 19.2 Å². The van der Waals surface area contributed by atoms with Crippen LogP contribution in [0.3, 0.4) is 0 Å². The summed E-state index contributed by atoms with van der Waals surface area (Å²) in [4.78, 5) is 62.6. The van der Waals surface area contributed by atoms with Gasteiger partial charge < -0.3 is 9.47 Å². The van der Waals surface area contributed by atoms with Crippen molar-refractivity contribution in [1.29, 1.82) is 0 Å². The number of nitrogens with one attached hydrogen (secondary N) is 2. The van der Waals surface area contributed by atoms with E-state index in [0.29, 0.717) is 0 Å². The van der Waals surface area contributed by atoms with Gasteiger partial charge in [0.05, 0.1) is 0 Å². The number of benzene rings is 3. The summed E-state index contributed by atoms with van der Waals surface area (Å²) in [7, 11) is 0. The molecule has 10 heteroatoms. The summed E-state index contributed by atoms with van der Waals surface area (Å²) in [5.74, 6) is -2.64. The maximum Gasteiger partial charge on any atom is 0.338 e. The zero-order valence-corrected chi connectivity index (χ0v) is 25.9. The summed E-state index contributed by atoms with van der Waals surface area (Å²) in [6.45, 7) is 10.4. The number of rotatable bonds is 12. The third-order valence-corrected chi connectivity index (χ3v) is 5.84. The van der Waals surface area contributed by atoms with Crippen LogP contribution >= 0.6 is 0 Å². The van der Waals surface area contributed by atoms with Gasteiger partial charge in [-0.25, -0.2) is 20.5 Å². The maximum atomic E-state index is 13.0. The Morgan fingerprint density at radius 1 is 0.568 bits per heavy atom. The molecule has 2 atom stereocenters. The van der Waals surface area contributed by atoms with Crippen LogP contribution in [0.4, 0.5) is 0 Å². The number of amides is 2. The van der Waals surface area contributed by atoms with Crippen LogP contribution in [0.15, 0.2) is 84.9 Å². The van der Waals surface area contributed by atoms with E-state index in [1.165, 1.54) is 24.3 Å². The minimum absolute atomic E-state index is 0.0910. The standard InChI is InChI=1S/C34H40N2O8/c1-33(2,3)41-31(39)27(20-23-14-9-7-10-15-23)43-35-29(37)25-18-13-19-26(22-25)30(38)36-44-28(32(40)42-34(4,5)6)21-24-16-11-8-12-17-24/h7-19,22,27-28H,20-21H2,1-6H3,(H,35,37)(H,36,38)/t27-,28-/m1/s1. The highest BCUT2D eigenvalue weighted by Crippen LogP contribution is 2.15. The summed E-state index contributed by atoms with van der Waals surface area (Å²) in [5, 5.41) is 0. The lowest BCUT2D eigenvalue weighted by Gasteiger charge is -2.24. The molecule has 0 unspecified atom stereocenters. The molecule has 234 valence electrons. The highest BCUT2D eigenvalue weighted by molar-refractivity contribution is 5.99. The fourth-order valence-electron chi connectivity index (χ4n) is 3.91. The summed E-state index contributed by atoms with van der Waals surface area (Å²) in [5.41, 5.74) is 4.90. The number of esters is 2. The first kappa shape index (κ1) is 34.0. The van der Waals surface area contributed by atoms with Crippen LogP contribution in [0.5, 0.6) is 0 Å². The normalized spacial score (nSPS) is 12.9. The van der Waals surface area contributed by atoms with Gasteiger partial charge in [0.15, 0.2) is 12.2 Å². The lowest BCUT2D eigenvalue weighted by atomic mass is 10.1. The molecule has 3 aromatic carbocycles. The number of carbonyl (C=O) groups is 4. The lowest BCUT2D eigenvalue weighted by molar-refractivity contribution is -0.172. The predicted octanol–water partition coefficient (Wildman–Crippen LogP) is 4.92. The minimum atomic E-state index is -1.12. The van der Waals surface area contributed by atoms with Crippen molar-refractivity contribution in [3.63, 3.8) is 0 Å². The van der Waals surface area contributed by atoms with E-state index in [1.807, 2.05) is 60.7 Å². The van der Waals surface area contributed by atoms with Gasteiger partial charge in [-0.3, -0.25) is 19.3 Å². The molecule has 0 aromatic heterocycles. The summed E-state index contributed by atoms with van der Waals surface area (Å²) >= 11 is 0. The molecule has 2 N–H and O–H groups in total. The van der Waals surface area contributed by atoms with E-state index >= 15 is 0 Å². The van der Waals surface area contributed by atoms with Crippen LogP contribution in [-0.4, -0.2) is 47.2 Å². The number of hydrogen-bond donors (Lipinski definition) is 2. The van der Waals surface area contributed by atoms with Gasteiger partial charge in [0.2, 0.25) is 0 Å². The van der Waals surface area contributed by atoms with E-state index < -0.39 is 47.2 Å². The molecule has 44 heavy (non-hydrogen) atoms. The van der Waals surface area contributed by atoms with Gasteiger partial charge in [-0.05, 0) is 70.9 Å². The largest absolute Gasteiger partial charge is 0.458 e. The second-order valence-electron chi connectivity index (χ2n) is 12.1. The van der Waals surface area contributed by atoms with Gasteiger partial charge in [-0.15, -0.1) is 0 Å². The molecule has 0 spiro atoms. The molecule has 0 bridgehead atoms. The van der Waals surface area contributed by atoms with Gasteiger partial charge in [0.1, 0.15) is 11.2 Å². The fourth-order valence-corrected chi connectivity index (χ4v) is 3.91. The molecule has 0 aliphatic rings. The molecule has 0 heterocycles. The van der Waals surface area contributed by atoms with Crippen LogP contribution in [0.1, 0.15) is 73.4 Å². The predicted molar refractivity (Wildman–Crippen MR) is 163 cm³/mol. The first-order chi connectivity index (χ1) is 20.7. The van der Waals surface area contributed by atoms with Crippen molar-refractivity contribution in [3.05, 3.63) is 107 Å². The Morgan fingerprint density at radius 3 is 1.27 bits per heavy atom.